The van der Waals surface area contributed by atoms with Gasteiger partial charge in [-0.05, 0) is 169 Å². The van der Waals surface area contributed by atoms with Crippen molar-refractivity contribution in [2.75, 3.05) is 28.4 Å². The zero-order valence-corrected chi connectivity index (χ0v) is 32.0. The van der Waals surface area contributed by atoms with Crippen LogP contribution in [0.15, 0.2) is 121 Å². The lowest BCUT2D eigenvalue weighted by Gasteiger charge is -2.18. The molecule has 0 heterocycles. The molecule has 4 aliphatic rings. The maximum Gasteiger partial charge on any atom is 0.122 e. The lowest BCUT2D eigenvalue weighted by Crippen LogP contribution is -2.06. The molecule has 272 valence electrons. The van der Waals surface area contributed by atoms with Crippen molar-refractivity contribution < 1.29 is 18.9 Å². The lowest BCUT2D eigenvalue weighted by molar-refractivity contribution is 0.404. The maximum atomic E-state index is 5.90. The van der Waals surface area contributed by atoms with Gasteiger partial charge in [0.25, 0.3) is 0 Å². The van der Waals surface area contributed by atoms with Crippen LogP contribution in [0.25, 0.3) is 0 Å². The van der Waals surface area contributed by atoms with Crippen LogP contribution >= 0.6 is 0 Å². The summed E-state index contributed by atoms with van der Waals surface area (Å²) in [6.07, 6.45) is 3.06. The molecule has 4 heteroatoms. The Bertz CT molecular complexity index is 2420. The van der Waals surface area contributed by atoms with Crippen molar-refractivity contribution in [1.82, 2.24) is 0 Å². The van der Waals surface area contributed by atoms with Gasteiger partial charge in [-0.1, -0.05) is 47.4 Å². The molecule has 56 heavy (non-hydrogen) atoms. The number of aryl methyl sites for hydroxylation is 4. The zero-order chi connectivity index (χ0) is 38.7. The van der Waals surface area contributed by atoms with Crippen LogP contribution in [-0.4, -0.2) is 28.4 Å². The van der Waals surface area contributed by atoms with E-state index in [0.29, 0.717) is 0 Å². The standard InChI is InChI=1S/C52H40O4/c1-53-49-29-19-41(20-30-49)15-9-37-5-11-39(12-6-37)17-23-43-33-47-27-28-48-34-44(46(36-52(48)56-4)26-25-45(43)35-51(47)55-3)24-18-40-13-7-38(8-14-40)10-16-42-21-31-50(54-2)32-22-42/h5-8,11-14,19-22,29-36H,25-28H2,1-4H3. The fourth-order valence-corrected chi connectivity index (χ4v) is 6.48. The highest BCUT2D eigenvalue weighted by Gasteiger charge is 2.16. The van der Waals surface area contributed by atoms with Gasteiger partial charge in [0.2, 0.25) is 0 Å². The smallest absolute Gasteiger partial charge is 0.122 e. The van der Waals surface area contributed by atoms with Crippen molar-refractivity contribution in [3.63, 3.8) is 0 Å². The Hall–Kier alpha value is -7.24. The molecule has 0 fully saturated rings. The van der Waals surface area contributed by atoms with E-state index in [-0.39, 0.29) is 0 Å². The van der Waals surface area contributed by atoms with Crippen molar-refractivity contribution in [3.8, 4) is 70.4 Å². The van der Waals surface area contributed by atoms with E-state index in [0.717, 1.165) is 115 Å². The molecule has 0 atom stereocenters. The Balaban J connectivity index is 1.12. The highest BCUT2D eigenvalue weighted by atomic mass is 16.5. The summed E-state index contributed by atoms with van der Waals surface area (Å²) in [7, 11) is 6.79. The normalized spacial score (nSPS) is 11.1. The van der Waals surface area contributed by atoms with E-state index in [4.69, 9.17) is 18.9 Å². The number of benzene rings is 6. The summed E-state index contributed by atoms with van der Waals surface area (Å²) in [5.74, 6) is 30.1. The van der Waals surface area contributed by atoms with Crippen LogP contribution in [0.5, 0.6) is 23.0 Å². The Morgan fingerprint density at radius 3 is 0.857 bits per heavy atom. The molecule has 4 nitrogen and oxygen atoms in total. The fraction of sp³-hybridized carbons (Fsp3) is 0.154. The van der Waals surface area contributed by atoms with Gasteiger partial charge in [0.15, 0.2) is 0 Å². The molecule has 0 radical (unpaired) electrons. The third-order valence-corrected chi connectivity index (χ3v) is 9.68. The fourth-order valence-electron chi connectivity index (χ4n) is 6.48. The highest BCUT2D eigenvalue weighted by molar-refractivity contribution is 5.57. The van der Waals surface area contributed by atoms with Crippen LogP contribution in [0.1, 0.15) is 66.8 Å². The molecule has 0 spiro atoms. The largest absolute Gasteiger partial charge is 0.497 e. The minimum Gasteiger partial charge on any atom is -0.497 e. The summed E-state index contributed by atoms with van der Waals surface area (Å²) in [5.41, 5.74) is 12.1. The molecule has 0 unspecified atom stereocenters. The second kappa shape index (κ2) is 17.7. The van der Waals surface area contributed by atoms with Crippen LogP contribution in [0.4, 0.5) is 0 Å². The first-order valence-electron chi connectivity index (χ1n) is 18.5. The molecule has 0 aromatic heterocycles. The van der Waals surface area contributed by atoms with Crippen LogP contribution < -0.4 is 18.9 Å². The molecule has 0 saturated heterocycles. The summed E-state index contributed by atoms with van der Waals surface area (Å²) in [6, 6.07) is 40.3. The zero-order valence-electron chi connectivity index (χ0n) is 32.0. The monoisotopic (exact) mass is 728 g/mol. The third-order valence-electron chi connectivity index (χ3n) is 9.68. The molecule has 0 amide bonds. The molecule has 0 saturated carbocycles. The topological polar surface area (TPSA) is 36.9 Å². The van der Waals surface area contributed by atoms with Crippen molar-refractivity contribution in [1.29, 1.82) is 0 Å². The average Bonchev–Trinajstić information content (AvgIpc) is 3.25. The minimum atomic E-state index is 0.763. The number of rotatable bonds is 4. The van der Waals surface area contributed by atoms with Gasteiger partial charge in [-0.2, -0.15) is 0 Å². The second-order valence-corrected chi connectivity index (χ2v) is 13.3. The van der Waals surface area contributed by atoms with E-state index in [1.165, 1.54) is 0 Å². The molecule has 10 rings (SSSR count). The Labute approximate surface area is 330 Å². The number of ether oxygens (including phenoxy) is 4. The van der Waals surface area contributed by atoms with Crippen LogP contribution in [0.3, 0.4) is 0 Å². The van der Waals surface area contributed by atoms with Gasteiger partial charge in [-0.3, -0.25) is 0 Å². The summed E-state index contributed by atoms with van der Waals surface area (Å²) in [5, 5.41) is 0. The number of hydrogen-bond donors (Lipinski definition) is 0. The molecular weight excluding hydrogens is 689 g/mol. The summed E-state index contributed by atoms with van der Waals surface area (Å²) in [4.78, 5) is 0. The second-order valence-electron chi connectivity index (χ2n) is 13.3. The van der Waals surface area contributed by atoms with Gasteiger partial charge < -0.3 is 18.9 Å². The Morgan fingerprint density at radius 1 is 0.304 bits per heavy atom. The van der Waals surface area contributed by atoms with Crippen LogP contribution in [0, 0.1) is 47.4 Å². The Morgan fingerprint density at radius 2 is 0.571 bits per heavy atom. The van der Waals surface area contributed by atoms with Crippen molar-refractivity contribution >= 4 is 0 Å². The predicted octanol–water partition coefficient (Wildman–Crippen LogP) is 9.20. The first kappa shape index (κ1) is 37.1. The quantitative estimate of drug-likeness (QED) is 0.170. The molecular formula is C52H40O4. The van der Waals surface area contributed by atoms with Gasteiger partial charge in [-0.25, -0.2) is 0 Å². The van der Waals surface area contributed by atoms with E-state index >= 15 is 0 Å². The van der Waals surface area contributed by atoms with E-state index in [2.05, 4.69) is 71.6 Å². The first-order chi connectivity index (χ1) is 27.5. The van der Waals surface area contributed by atoms with E-state index < -0.39 is 0 Å². The SMILES string of the molecule is COc1ccc(C#Cc2ccc(C#Cc3cc4c(OC)cc3CCc3cc(OC)c(cc3C#Cc3ccc(C#Cc5ccc(OC)cc5)cc3)CC4)cc2)cc1. The van der Waals surface area contributed by atoms with Gasteiger partial charge in [0, 0.05) is 44.5 Å². The molecule has 0 aliphatic heterocycles. The van der Waals surface area contributed by atoms with Gasteiger partial charge in [0.1, 0.15) is 23.0 Å². The van der Waals surface area contributed by atoms with Crippen LogP contribution in [0.2, 0.25) is 0 Å². The average molecular weight is 729 g/mol. The molecule has 0 N–H and O–H groups in total. The van der Waals surface area contributed by atoms with Crippen molar-refractivity contribution in [2.24, 2.45) is 0 Å². The molecule has 6 aromatic rings. The third kappa shape index (κ3) is 9.27. The van der Waals surface area contributed by atoms with Crippen molar-refractivity contribution in [2.45, 2.75) is 25.7 Å². The highest BCUT2D eigenvalue weighted by Crippen LogP contribution is 2.32. The van der Waals surface area contributed by atoms with E-state index in [1.807, 2.05) is 97.1 Å². The Kier molecular flexibility index (Phi) is 11.7. The summed E-state index contributed by atoms with van der Waals surface area (Å²) in [6.45, 7) is 0. The first-order valence-corrected chi connectivity index (χ1v) is 18.5. The number of methoxy groups -OCH3 is 4. The number of hydrogen-bond acceptors (Lipinski definition) is 4. The summed E-state index contributed by atoms with van der Waals surface area (Å²) >= 11 is 0. The molecule has 4 bridgehead atoms. The van der Waals surface area contributed by atoms with Gasteiger partial charge >= 0.3 is 0 Å². The summed E-state index contributed by atoms with van der Waals surface area (Å²) < 4.78 is 22.3. The van der Waals surface area contributed by atoms with Crippen molar-refractivity contribution in [3.05, 3.63) is 188 Å². The van der Waals surface area contributed by atoms with Crippen LogP contribution in [-0.2, 0) is 25.7 Å². The van der Waals surface area contributed by atoms with Gasteiger partial charge in [0.05, 0.1) is 28.4 Å². The lowest BCUT2D eigenvalue weighted by atomic mass is 9.90. The van der Waals surface area contributed by atoms with Gasteiger partial charge in [-0.15, -0.1) is 0 Å². The maximum absolute atomic E-state index is 5.90. The predicted molar refractivity (Wildman–Crippen MR) is 224 cm³/mol. The van der Waals surface area contributed by atoms with E-state index in [1.54, 1.807) is 28.4 Å². The van der Waals surface area contributed by atoms with E-state index in [9.17, 15) is 0 Å². The minimum absolute atomic E-state index is 0.763. The molecule has 6 aromatic carbocycles. The molecule has 4 aliphatic carbocycles.